The third-order valence-electron chi connectivity index (χ3n) is 9.97. The molecule has 0 atom stereocenters. The molecule has 7 aromatic carbocycles. The van der Waals surface area contributed by atoms with Crippen molar-refractivity contribution in [2.45, 2.75) is 0 Å². The lowest BCUT2D eigenvalue weighted by Crippen LogP contribution is -3.00. The number of halogens is 2. The van der Waals surface area contributed by atoms with E-state index in [4.69, 9.17) is 0 Å². The molecule has 0 N–H and O–H groups in total. The molecule has 0 bridgehead atoms. The van der Waals surface area contributed by atoms with Crippen molar-refractivity contribution in [2.24, 2.45) is 0 Å². The van der Waals surface area contributed by atoms with E-state index in [1.165, 1.54) is 22.3 Å². The molecule has 0 aliphatic rings. The number of pyridine rings is 2. The van der Waals surface area contributed by atoms with Crippen molar-refractivity contribution in [3.63, 3.8) is 0 Å². The Balaban J connectivity index is 0.00000240. The highest BCUT2D eigenvalue weighted by molar-refractivity contribution is 5.76. The standard InChI is InChI=1S/C52H38N2.2HI/c1-7-20-39(21-8-1)45-34-49(41-24-11-3-12-25-41)53(50(35-45)42-26-13-4-14-27-42)47-32-19-33-48(38-47)54-51(43-28-15-5-16-29-43)36-46(40-22-9-2-10-23-40)37-52(54)44-30-17-6-18-31-44;;/h1-38H;2*1H/q+2;;/p-2. The molecule has 0 radical (unpaired) electrons. The SMILES string of the molecule is [I-].[I-].c1ccc(-c2cc(-c3ccccc3)[n+](-c3cccc(-[n+]4c(-c5ccccc5)cc(-c5ccccc5)cc4-c4ccccc4)c3)c(-c3ccccc3)c2)cc1. The van der Waals surface area contributed by atoms with Gasteiger partial charge in [-0.3, -0.25) is 0 Å². The Labute approximate surface area is 363 Å². The van der Waals surface area contributed by atoms with E-state index in [2.05, 4.69) is 240 Å². The van der Waals surface area contributed by atoms with Crippen molar-refractivity contribution in [1.82, 2.24) is 0 Å². The first-order valence-electron chi connectivity index (χ1n) is 18.4. The largest absolute Gasteiger partial charge is 1.00 e. The lowest BCUT2D eigenvalue weighted by Gasteiger charge is -2.14. The molecular formula is C52H38I2N2. The molecule has 0 aliphatic carbocycles. The summed E-state index contributed by atoms with van der Waals surface area (Å²) >= 11 is 0. The van der Waals surface area contributed by atoms with Crippen molar-refractivity contribution in [2.75, 3.05) is 0 Å². The summed E-state index contributed by atoms with van der Waals surface area (Å²) in [6, 6.07) is 82.6. The molecule has 56 heavy (non-hydrogen) atoms. The second-order valence-electron chi connectivity index (χ2n) is 13.4. The quantitative estimate of drug-likeness (QED) is 0.126. The predicted octanol–water partition coefficient (Wildman–Crippen LogP) is 6.25. The van der Waals surface area contributed by atoms with Gasteiger partial charge in [0.2, 0.25) is 34.2 Å². The van der Waals surface area contributed by atoms with E-state index in [9.17, 15) is 0 Å². The Hall–Kier alpha value is -5.70. The molecule has 4 heteroatoms. The van der Waals surface area contributed by atoms with Crippen LogP contribution in [0.2, 0.25) is 0 Å². The topological polar surface area (TPSA) is 7.76 Å². The molecular weight excluding hydrogens is 906 g/mol. The molecule has 9 aromatic rings. The summed E-state index contributed by atoms with van der Waals surface area (Å²) < 4.78 is 4.84. The molecule has 0 fully saturated rings. The maximum Gasteiger partial charge on any atom is 0.219 e. The molecule has 0 amide bonds. The van der Waals surface area contributed by atoms with Crippen molar-refractivity contribution in [3.05, 3.63) is 231 Å². The molecule has 2 nitrogen and oxygen atoms in total. The Morgan fingerprint density at radius 3 is 0.679 bits per heavy atom. The van der Waals surface area contributed by atoms with Crippen LogP contribution in [0.3, 0.4) is 0 Å². The monoisotopic (exact) mass is 944 g/mol. The van der Waals surface area contributed by atoms with Crippen molar-refractivity contribution in [1.29, 1.82) is 0 Å². The molecule has 0 aliphatic heterocycles. The van der Waals surface area contributed by atoms with Gasteiger partial charge in [-0.15, -0.1) is 0 Å². The fourth-order valence-electron chi connectivity index (χ4n) is 7.40. The summed E-state index contributed by atoms with van der Waals surface area (Å²) in [5.41, 5.74) is 15.9. The van der Waals surface area contributed by atoms with Gasteiger partial charge in [-0.1, -0.05) is 133 Å². The number of rotatable bonds is 8. The van der Waals surface area contributed by atoms with E-state index in [1.54, 1.807) is 0 Å². The molecule has 2 aromatic heterocycles. The zero-order valence-electron chi connectivity index (χ0n) is 30.6. The normalized spacial score (nSPS) is 10.6. The van der Waals surface area contributed by atoms with E-state index in [1.807, 2.05) is 0 Å². The van der Waals surface area contributed by atoms with Crippen molar-refractivity contribution in [3.8, 4) is 78.7 Å². The fourth-order valence-corrected chi connectivity index (χ4v) is 7.40. The molecule has 0 saturated carbocycles. The molecule has 2 heterocycles. The highest BCUT2D eigenvalue weighted by Gasteiger charge is 2.29. The zero-order valence-corrected chi connectivity index (χ0v) is 34.9. The molecule has 0 spiro atoms. The summed E-state index contributed by atoms with van der Waals surface area (Å²) in [4.78, 5) is 0. The van der Waals surface area contributed by atoms with Gasteiger partial charge in [0.15, 0.2) is 0 Å². The van der Waals surface area contributed by atoms with Crippen LogP contribution in [0.4, 0.5) is 0 Å². The van der Waals surface area contributed by atoms with Crippen LogP contribution in [-0.2, 0) is 0 Å². The minimum Gasteiger partial charge on any atom is -1.00 e. The van der Waals surface area contributed by atoms with Crippen LogP contribution < -0.4 is 57.1 Å². The number of nitrogens with zero attached hydrogens (tertiary/aromatic N) is 2. The van der Waals surface area contributed by atoms with E-state index in [0.29, 0.717) is 0 Å². The molecule has 0 saturated heterocycles. The van der Waals surface area contributed by atoms with Gasteiger partial charge in [0.05, 0.1) is 6.07 Å². The molecule has 9 rings (SSSR count). The first kappa shape index (κ1) is 38.6. The van der Waals surface area contributed by atoms with Crippen LogP contribution in [0.5, 0.6) is 0 Å². The fraction of sp³-hybridized carbons (Fsp3) is 0. The van der Waals surface area contributed by atoms with Crippen molar-refractivity contribution < 1.29 is 57.1 Å². The summed E-state index contributed by atoms with van der Waals surface area (Å²) in [6.45, 7) is 0. The number of hydrogen-bond acceptors (Lipinski definition) is 0. The number of hydrogen-bond donors (Lipinski definition) is 0. The van der Waals surface area contributed by atoms with Crippen LogP contribution >= 0.6 is 0 Å². The average Bonchev–Trinajstić information content (AvgIpc) is 3.27. The highest BCUT2D eigenvalue weighted by Crippen LogP contribution is 2.33. The van der Waals surface area contributed by atoms with Crippen molar-refractivity contribution >= 4 is 0 Å². The smallest absolute Gasteiger partial charge is 0.219 e. The van der Waals surface area contributed by atoms with Crippen LogP contribution in [0.15, 0.2) is 231 Å². The van der Waals surface area contributed by atoms with Gasteiger partial charge in [-0.2, -0.15) is 9.13 Å². The number of benzene rings is 7. The first-order chi connectivity index (χ1) is 26.8. The summed E-state index contributed by atoms with van der Waals surface area (Å²) in [7, 11) is 0. The summed E-state index contributed by atoms with van der Waals surface area (Å²) in [5.74, 6) is 0. The van der Waals surface area contributed by atoms with Crippen LogP contribution in [0.25, 0.3) is 78.7 Å². The third-order valence-corrected chi connectivity index (χ3v) is 9.97. The second-order valence-corrected chi connectivity index (χ2v) is 13.4. The second kappa shape index (κ2) is 17.8. The number of aromatic nitrogens is 2. The minimum atomic E-state index is 0. The van der Waals surface area contributed by atoms with Crippen LogP contribution in [-0.4, -0.2) is 0 Å². The van der Waals surface area contributed by atoms with Gasteiger partial charge < -0.3 is 48.0 Å². The zero-order chi connectivity index (χ0) is 36.1. The summed E-state index contributed by atoms with van der Waals surface area (Å²) in [6.07, 6.45) is 0. The van der Waals surface area contributed by atoms with Gasteiger partial charge in [-0.25, -0.2) is 0 Å². The minimum absolute atomic E-state index is 0. The Bertz CT molecular complexity index is 2360. The van der Waals surface area contributed by atoms with Crippen LogP contribution in [0.1, 0.15) is 0 Å². The maximum atomic E-state index is 2.42. The first-order valence-corrected chi connectivity index (χ1v) is 18.4. The van der Waals surface area contributed by atoms with Gasteiger partial charge >= 0.3 is 0 Å². The molecule has 270 valence electrons. The Morgan fingerprint density at radius 2 is 0.429 bits per heavy atom. The lowest BCUT2D eigenvalue weighted by molar-refractivity contribution is -0.580. The van der Waals surface area contributed by atoms with Gasteiger partial charge in [0, 0.05) is 58.7 Å². The lowest BCUT2D eigenvalue weighted by atomic mass is 9.98. The van der Waals surface area contributed by atoms with Gasteiger partial charge in [-0.05, 0) is 76.9 Å². The van der Waals surface area contributed by atoms with E-state index in [-0.39, 0.29) is 48.0 Å². The Kier molecular flexibility index (Phi) is 12.3. The van der Waals surface area contributed by atoms with E-state index >= 15 is 0 Å². The van der Waals surface area contributed by atoms with Gasteiger partial charge in [0.1, 0.15) is 0 Å². The third kappa shape index (κ3) is 7.99. The summed E-state index contributed by atoms with van der Waals surface area (Å²) in [5, 5.41) is 0. The van der Waals surface area contributed by atoms with Gasteiger partial charge in [0.25, 0.3) is 0 Å². The van der Waals surface area contributed by atoms with E-state index < -0.39 is 0 Å². The highest BCUT2D eigenvalue weighted by atomic mass is 127. The Morgan fingerprint density at radius 1 is 0.196 bits per heavy atom. The van der Waals surface area contributed by atoms with E-state index in [0.717, 1.165) is 56.4 Å². The maximum absolute atomic E-state index is 2.42. The predicted molar refractivity (Wildman–Crippen MR) is 222 cm³/mol. The molecule has 0 unspecified atom stereocenters. The average molecular weight is 945 g/mol. The van der Waals surface area contributed by atoms with Crippen LogP contribution in [0, 0.1) is 0 Å².